The van der Waals surface area contributed by atoms with Crippen LogP contribution in [0, 0.1) is 5.92 Å². The van der Waals surface area contributed by atoms with Crippen molar-refractivity contribution in [2.24, 2.45) is 11.7 Å². The summed E-state index contributed by atoms with van der Waals surface area (Å²) >= 11 is 3.46. The van der Waals surface area contributed by atoms with Gasteiger partial charge in [0.2, 0.25) is 5.91 Å². The van der Waals surface area contributed by atoms with Crippen LogP contribution in [-0.2, 0) is 11.2 Å². The number of nitrogens with zero attached hydrogens (tertiary/aromatic N) is 1. The Morgan fingerprint density at radius 1 is 1.13 bits per heavy atom. The number of halogens is 1. The van der Waals surface area contributed by atoms with Crippen molar-refractivity contribution in [1.29, 1.82) is 0 Å². The lowest BCUT2D eigenvalue weighted by Crippen LogP contribution is -2.31. The number of nitrogens with two attached hydrogens (primary N) is 1. The van der Waals surface area contributed by atoms with Crippen LogP contribution in [0.5, 0.6) is 0 Å². The van der Waals surface area contributed by atoms with Gasteiger partial charge >= 0.3 is 0 Å². The highest BCUT2D eigenvalue weighted by Gasteiger charge is 2.34. The van der Waals surface area contributed by atoms with Crippen molar-refractivity contribution >= 4 is 21.8 Å². The van der Waals surface area contributed by atoms with Crippen LogP contribution in [0.2, 0.25) is 0 Å². The summed E-state index contributed by atoms with van der Waals surface area (Å²) in [5.41, 5.74) is 8.27. The summed E-state index contributed by atoms with van der Waals surface area (Å²) in [5.74, 6) is 0.858. The van der Waals surface area contributed by atoms with E-state index < -0.39 is 0 Å². The maximum Gasteiger partial charge on any atom is 0.227 e. The molecule has 3 nitrogen and oxygen atoms in total. The van der Waals surface area contributed by atoms with E-state index in [2.05, 4.69) is 40.2 Å². The van der Waals surface area contributed by atoms with Crippen LogP contribution >= 0.6 is 15.9 Å². The quantitative estimate of drug-likeness (QED) is 0.895. The fraction of sp³-hybridized carbons (Fsp3) is 0.316. The smallest absolute Gasteiger partial charge is 0.227 e. The average Bonchev–Trinajstić information content (AvgIpc) is 3.00. The summed E-state index contributed by atoms with van der Waals surface area (Å²) in [6.07, 6.45) is 0.443. The van der Waals surface area contributed by atoms with E-state index in [9.17, 15) is 4.79 Å². The standard InChI is InChI=1S/C19H21BrN2O/c20-17-8-4-5-14(9-17)10-19(23)22-12-16(11-21)18(13-22)15-6-2-1-3-7-15/h1-9,16,18H,10-13,21H2/t16-,18+/m1/s1. The molecule has 1 amide bonds. The van der Waals surface area contributed by atoms with E-state index in [-0.39, 0.29) is 5.91 Å². The Hall–Kier alpha value is -1.65. The molecule has 0 aliphatic carbocycles. The third kappa shape index (κ3) is 3.82. The van der Waals surface area contributed by atoms with Crippen molar-refractivity contribution in [2.45, 2.75) is 12.3 Å². The number of hydrogen-bond acceptors (Lipinski definition) is 2. The van der Waals surface area contributed by atoms with Crippen LogP contribution in [-0.4, -0.2) is 30.4 Å². The molecular weight excluding hydrogens is 352 g/mol. The molecule has 0 spiro atoms. The second kappa shape index (κ2) is 7.28. The van der Waals surface area contributed by atoms with Crippen LogP contribution in [0.3, 0.4) is 0 Å². The molecule has 120 valence electrons. The topological polar surface area (TPSA) is 46.3 Å². The molecule has 1 aliphatic rings. The predicted octanol–water partition coefficient (Wildman–Crippen LogP) is 3.19. The molecule has 1 saturated heterocycles. The van der Waals surface area contributed by atoms with Crippen LogP contribution < -0.4 is 5.73 Å². The van der Waals surface area contributed by atoms with E-state index in [4.69, 9.17) is 5.73 Å². The normalized spacial score (nSPS) is 20.7. The Morgan fingerprint density at radius 2 is 1.91 bits per heavy atom. The van der Waals surface area contributed by atoms with Gasteiger partial charge < -0.3 is 10.6 Å². The molecule has 0 aromatic heterocycles. The minimum Gasteiger partial charge on any atom is -0.341 e. The number of likely N-dealkylation sites (tertiary alicyclic amines) is 1. The van der Waals surface area contributed by atoms with Gasteiger partial charge in [-0.25, -0.2) is 0 Å². The van der Waals surface area contributed by atoms with Crippen LogP contribution in [0.1, 0.15) is 17.0 Å². The van der Waals surface area contributed by atoms with Crippen molar-refractivity contribution < 1.29 is 4.79 Å². The zero-order valence-electron chi connectivity index (χ0n) is 13.0. The Bertz CT molecular complexity index is 674. The summed E-state index contributed by atoms with van der Waals surface area (Å²) < 4.78 is 1.01. The Kier molecular flexibility index (Phi) is 5.13. The predicted molar refractivity (Wildman–Crippen MR) is 96.2 cm³/mol. The first kappa shape index (κ1) is 16.2. The number of rotatable bonds is 4. The molecule has 0 bridgehead atoms. The molecule has 2 N–H and O–H groups in total. The maximum atomic E-state index is 12.6. The average molecular weight is 373 g/mol. The van der Waals surface area contributed by atoms with E-state index in [0.29, 0.717) is 24.8 Å². The first-order valence-electron chi connectivity index (χ1n) is 7.94. The molecule has 2 aromatic rings. The Balaban J connectivity index is 1.70. The van der Waals surface area contributed by atoms with Gasteiger partial charge in [0, 0.05) is 23.5 Å². The Labute approximate surface area is 145 Å². The van der Waals surface area contributed by atoms with Crippen LogP contribution in [0.25, 0.3) is 0 Å². The largest absolute Gasteiger partial charge is 0.341 e. The van der Waals surface area contributed by atoms with Crippen molar-refractivity contribution in [2.75, 3.05) is 19.6 Å². The molecule has 4 heteroatoms. The van der Waals surface area contributed by atoms with E-state index in [1.54, 1.807) is 0 Å². The number of benzene rings is 2. The lowest BCUT2D eigenvalue weighted by atomic mass is 9.89. The lowest BCUT2D eigenvalue weighted by Gasteiger charge is -2.17. The molecule has 2 aromatic carbocycles. The molecule has 0 saturated carbocycles. The third-order valence-electron chi connectivity index (χ3n) is 4.57. The van der Waals surface area contributed by atoms with Gasteiger partial charge in [0.25, 0.3) is 0 Å². The third-order valence-corrected chi connectivity index (χ3v) is 5.06. The van der Waals surface area contributed by atoms with Gasteiger partial charge in [-0.1, -0.05) is 58.4 Å². The van der Waals surface area contributed by atoms with Gasteiger partial charge in [-0.15, -0.1) is 0 Å². The minimum absolute atomic E-state index is 0.181. The second-order valence-corrected chi connectivity index (χ2v) is 7.03. The zero-order chi connectivity index (χ0) is 16.2. The highest BCUT2D eigenvalue weighted by atomic mass is 79.9. The van der Waals surface area contributed by atoms with E-state index >= 15 is 0 Å². The zero-order valence-corrected chi connectivity index (χ0v) is 14.6. The molecule has 0 radical (unpaired) electrons. The van der Waals surface area contributed by atoms with Gasteiger partial charge in [-0.2, -0.15) is 0 Å². The summed E-state index contributed by atoms with van der Waals surface area (Å²) in [4.78, 5) is 14.6. The number of hydrogen-bond donors (Lipinski definition) is 1. The van der Waals surface area contributed by atoms with Gasteiger partial charge in [0.05, 0.1) is 6.42 Å². The summed E-state index contributed by atoms with van der Waals surface area (Å²) in [6.45, 7) is 2.13. The molecule has 1 heterocycles. The van der Waals surface area contributed by atoms with Gasteiger partial charge in [-0.3, -0.25) is 4.79 Å². The number of carbonyl (C=O) groups is 1. The van der Waals surface area contributed by atoms with E-state index in [0.717, 1.165) is 23.1 Å². The summed E-state index contributed by atoms with van der Waals surface area (Å²) in [6, 6.07) is 18.3. The molecule has 3 rings (SSSR count). The molecule has 0 unspecified atom stereocenters. The SMILES string of the molecule is NC[C@@H]1CN(C(=O)Cc2cccc(Br)c2)C[C@H]1c1ccccc1. The van der Waals surface area contributed by atoms with Crippen LogP contribution in [0.4, 0.5) is 0 Å². The van der Waals surface area contributed by atoms with Gasteiger partial charge in [-0.05, 0) is 35.7 Å². The fourth-order valence-electron chi connectivity index (χ4n) is 3.32. The highest BCUT2D eigenvalue weighted by Crippen LogP contribution is 2.32. The minimum atomic E-state index is 0.181. The van der Waals surface area contributed by atoms with Crippen molar-refractivity contribution in [1.82, 2.24) is 4.90 Å². The molecule has 23 heavy (non-hydrogen) atoms. The first-order valence-corrected chi connectivity index (χ1v) is 8.74. The fourth-order valence-corrected chi connectivity index (χ4v) is 3.77. The molecular formula is C19H21BrN2O. The molecule has 2 atom stereocenters. The van der Waals surface area contributed by atoms with E-state index in [1.807, 2.05) is 35.2 Å². The first-order chi connectivity index (χ1) is 11.2. The number of carbonyl (C=O) groups excluding carboxylic acids is 1. The van der Waals surface area contributed by atoms with Crippen molar-refractivity contribution in [3.05, 3.63) is 70.2 Å². The van der Waals surface area contributed by atoms with Crippen molar-refractivity contribution in [3.63, 3.8) is 0 Å². The lowest BCUT2D eigenvalue weighted by molar-refractivity contribution is -0.129. The molecule has 1 fully saturated rings. The second-order valence-electron chi connectivity index (χ2n) is 6.12. The van der Waals surface area contributed by atoms with Crippen LogP contribution in [0.15, 0.2) is 59.1 Å². The summed E-state index contributed by atoms with van der Waals surface area (Å²) in [7, 11) is 0. The number of amides is 1. The van der Waals surface area contributed by atoms with Crippen molar-refractivity contribution in [3.8, 4) is 0 Å². The van der Waals surface area contributed by atoms with E-state index in [1.165, 1.54) is 5.56 Å². The Morgan fingerprint density at radius 3 is 2.61 bits per heavy atom. The molecule has 1 aliphatic heterocycles. The van der Waals surface area contributed by atoms with Gasteiger partial charge in [0.1, 0.15) is 0 Å². The summed E-state index contributed by atoms with van der Waals surface area (Å²) in [5, 5.41) is 0. The van der Waals surface area contributed by atoms with Gasteiger partial charge in [0.15, 0.2) is 0 Å². The highest BCUT2D eigenvalue weighted by molar-refractivity contribution is 9.10. The monoisotopic (exact) mass is 372 g/mol. The maximum absolute atomic E-state index is 12.6.